The van der Waals surface area contributed by atoms with E-state index in [4.69, 9.17) is 0 Å². The van der Waals surface area contributed by atoms with Crippen LogP contribution < -0.4 is 10.6 Å². The molecule has 2 N–H and O–H groups in total. The standard InChI is InChI=1S/C17H28N2O/c20-16(2-1-11-3-4-18-10-11)19-17-14-6-12-5-13(8-14)9-15(17)7-12/h11-15,17-18H,1-10H2,(H,19,20). The van der Waals surface area contributed by atoms with Crippen molar-refractivity contribution in [2.75, 3.05) is 13.1 Å². The molecule has 5 rings (SSSR count). The molecule has 1 unspecified atom stereocenters. The molecule has 4 bridgehead atoms. The van der Waals surface area contributed by atoms with Crippen molar-refractivity contribution in [1.29, 1.82) is 0 Å². The first-order valence-corrected chi connectivity index (χ1v) is 8.78. The van der Waals surface area contributed by atoms with Gasteiger partial charge in [-0.15, -0.1) is 0 Å². The van der Waals surface area contributed by atoms with E-state index in [9.17, 15) is 4.79 Å². The summed E-state index contributed by atoms with van der Waals surface area (Å²) in [5, 5.41) is 6.81. The number of amides is 1. The Morgan fingerprint density at radius 1 is 1.05 bits per heavy atom. The molecule has 1 saturated heterocycles. The van der Waals surface area contributed by atoms with Crippen molar-refractivity contribution in [2.24, 2.45) is 29.6 Å². The van der Waals surface area contributed by atoms with E-state index >= 15 is 0 Å². The van der Waals surface area contributed by atoms with Crippen LogP contribution in [0.25, 0.3) is 0 Å². The minimum absolute atomic E-state index is 0.328. The fourth-order valence-corrected chi connectivity index (χ4v) is 5.71. The number of rotatable bonds is 4. The van der Waals surface area contributed by atoms with Crippen LogP contribution in [0.4, 0.5) is 0 Å². The van der Waals surface area contributed by atoms with E-state index in [0.29, 0.717) is 11.9 Å². The van der Waals surface area contributed by atoms with E-state index in [2.05, 4.69) is 10.6 Å². The maximum atomic E-state index is 12.3. The smallest absolute Gasteiger partial charge is 0.220 e. The summed E-state index contributed by atoms with van der Waals surface area (Å²) in [6, 6.07) is 0.525. The molecule has 0 aromatic rings. The molecular formula is C17H28N2O. The minimum Gasteiger partial charge on any atom is -0.353 e. The predicted octanol–water partition coefficient (Wildman–Crippen LogP) is 2.32. The second-order valence-electron chi connectivity index (χ2n) is 7.92. The number of hydrogen-bond acceptors (Lipinski definition) is 2. The van der Waals surface area contributed by atoms with Gasteiger partial charge in [0.1, 0.15) is 0 Å². The van der Waals surface area contributed by atoms with Crippen LogP contribution in [-0.2, 0) is 4.79 Å². The molecule has 4 saturated carbocycles. The third-order valence-electron chi connectivity index (χ3n) is 6.50. The van der Waals surface area contributed by atoms with Crippen molar-refractivity contribution in [3.8, 4) is 0 Å². The molecule has 1 aliphatic heterocycles. The summed E-state index contributed by atoms with van der Waals surface area (Å²) in [6.07, 6.45) is 10.1. The topological polar surface area (TPSA) is 41.1 Å². The van der Waals surface area contributed by atoms with Gasteiger partial charge in [0, 0.05) is 12.5 Å². The molecule has 4 aliphatic carbocycles. The van der Waals surface area contributed by atoms with Crippen molar-refractivity contribution in [3.63, 3.8) is 0 Å². The van der Waals surface area contributed by atoms with Gasteiger partial charge in [-0.25, -0.2) is 0 Å². The van der Waals surface area contributed by atoms with E-state index in [0.717, 1.165) is 55.5 Å². The first kappa shape index (κ1) is 13.1. The first-order valence-electron chi connectivity index (χ1n) is 8.78. The van der Waals surface area contributed by atoms with Crippen LogP contribution in [0.15, 0.2) is 0 Å². The lowest BCUT2D eigenvalue weighted by Crippen LogP contribution is -2.55. The number of carbonyl (C=O) groups excluding carboxylic acids is 1. The summed E-state index contributed by atoms with van der Waals surface area (Å²) < 4.78 is 0. The van der Waals surface area contributed by atoms with Gasteiger partial charge >= 0.3 is 0 Å². The van der Waals surface area contributed by atoms with E-state index in [1.54, 1.807) is 0 Å². The molecule has 20 heavy (non-hydrogen) atoms. The lowest BCUT2D eigenvalue weighted by Gasteiger charge is -2.54. The molecule has 1 heterocycles. The van der Waals surface area contributed by atoms with E-state index < -0.39 is 0 Å². The molecule has 1 amide bonds. The van der Waals surface area contributed by atoms with E-state index in [-0.39, 0.29) is 0 Å². The molecule has 0 aromatic carbocycles. The fourth-order valence-electron chi connectivity index (χ4n) is 5.71. The van der Waals surface area contributed by atoms with Crippen molar-refractivity contribution in [2.45, 2.75) is 57.4 Å². The van der Waals surface area contributed by atoms with Gasteiger partial charge in [0.05, 0.1) is 0 Å². The summed E-state index contributed by atoms with van der Waals surface area (Å²) >= 11 is 0. The normalized spacial score (nSPS) is 45.8. The molecule has 5 aliphatic rings. The highest BCUT2D eigenvalue weighted by atomic mass is 16.1. The first-order chi connectivity index (χ1) is 9.78. The third kappa shape index (κ3) is 2.49. The maximum absolute atomic E-state index is 12.3. The Hall–Kier alpha value is -0.570. The molecule has 1 atom stereocenters. The predicted molar refractivity (Wildman–Crippen MR) is 79.2 cm³/mol. The Morgan fingerprint density at radius 3 is 2.35 bits per heavy atom. The van der Waals surface area contributed by atoms with Crippen molar-refractivity contribution < 1.29 is 4.79 Å². The van der Waals surface area contributed by atoms with Crippen LogP contribution in [0.5, 0.6) is 0 Å². The Morgan fingerprint density at radius 2 is 1.75 bits per heavy atom. The molecule has 0 aromatic heterocycles. The van der Waals surface area contributed by atoms with Gasteiger partial charge < -0.3 is 10.6 Å². The monoisotopic (exact) mass is 276 g/mol. The number of hydrogen-bond donors (Lipinski definition) is 2. The Labute approximate surface area is 122 Å². The molecule has 112 valence electrons. The van der Waals surface area contributed by atoms with Crippen molar-refractivity contribution in [3.05, 3.63) is 0 Å². The van der Waals surface area contributed by atoms with Crippen molar-refractivity contribution >= 4 is 5.91 Å². The second-order valence-corrected chi connectivity index (χ2v) is 7.92. The highest BCUT2D eigenvalue weighted by Crippen LogP contribution is 2.53. The SMILES string of the molecule is O=C(CCC1CCNC1)NC1C2CC3CC(C2)CC1C3. The summed E-state index contributed by atoms with van der Waals surface area (Å²) in [5.74, 6) is 4.67. The molecule has 5 fully saturated rings. The second kappa shape index (κ2) is 5.32. The van der Waals surface area contributed by atoms with Gasteiger partial charge in [-0.05, 0) is 87.6 Å². The fraction of sp³-hybridized carbons (Fsp3) is 0.941. The van der Waals surface area contributed by atoms with Crippen molar-refractivity contribution in [1.82, 2.24) is 10.6 Å². The molecule has 3 heteroatoms. The van der Waals surface area contributed by atoms with Crippen LogP contribution in [-0.4, -0.2) is 25.0 Å². The van der Waals surface area contributed by atoms with Gasteiger partial charge in [0.2, 0.25) is 5.91 Å². The summed E-state index contributed by atoms with van der Waals surface area (Å²) in [7, 11) is 0. The van der Waals surface area contributed by atoms with Gasteiger partial charge in [-0.1, -0.05) is 0 Å². The van der Waals surface area contributed by atoms with E-state index in [1.165, 1.54) is 38.5 Å². The zero-order chi connectivity index (χ0) is 13.5. The quantitative estimate of drug-likeness (QED) is 0.827. The van der Waals surface area contributed by atoms with Gasteiger partial charge in [0.15, 0.2) is 0 Å². The highest BCUT2D eigenvalue weighted by molar-refractivity contribution is 5.76. The van der Waals surface area contributed by atoms with Gasteiger partial charge in [-0.3, -0.25) is 4.79 Å². The molecule has 0 spiro atoms. The molecular weight excluding hydrogens is 248 g/mol. The zero-order valence-electron chi connectivity index (χ0n) is 12.4. The molecule has 0 radical (unpaired) electrons. The van der Waals surface area contributed by atoms with Gasteiger partial charge in [0.25, 0.3) is 0 Å². The maximum Gasteiger partial charge on any atom is 0.220 e. The van der Waals surface area contributed by atoms with Crippen LogP contribution in [0.1, 0.15) is 51.4 Å². The lowest BCUT2D eigenvalue weighted by atomic mass is 9.54. The third-order valence-corrected chi connectivity index (χ3v) is 6.50. The van der Waals surface area contributed by atoms with Crippen LogP contribution >= 0.6 is 0 Å². The highest BCUT2D eigenvalue weighted by Gasteiger charge is 2.48. The Bertz CT molecular complexity index is 347. The average molecular weight is 276 g/mol. The average Bonchev–Trinajstić information content (AvgIpc) is 2.93. The van der Waals surface area contributed by atoms with Crippen LogP contribution in [0.3, 0.4) is 0 Å². The minimum atomic E-state index is 0.328. The largest absolute Gasteiger partial charge is 0.353 e. The zero-order valence-corrected chi connectivity index (χ0v) is 12.4. The van der Waals surface area contributed by atoms with Gasteiger partial charge in [-0.2, -0.15) is 0 Å². The van der Waals surface area contributed by atoms with E-state index in [1.807, 2.05) is 0 Å². The summed E-state index contributed by atoms with van der Waals surface area (Å²) in [6.45, 7) is 2.26. The van der Waals surface area contributed by atoms with Crippen LogP contribution in [0.2, 0.25) is 0 Å². The van der Waals surface area contributed by atoms with Crippen LogP contribution in [0, 0.1) is 29.6 Å². The Kier molecular flexibility index (Phi) is 3.49. The Balaban J connectivity index is 1.29. The summed E-state index contributed by atoms with van der Waals surface area (Å²) in [5.41, 5.74) is 0. The lowest BCUT2D eigenvalue weighted by molar-refractivity contribution is -0.125. The summed E-state index contributed by atoms with van der Waals surface area (Å²) in [4.78, 5) is 12.3. The number of nitrogens with one attached hydrogen (secondary N) is 2. The molecule has 3 nitrogen and oxygen atoms in total. The number of carbonyl (C=O) groups is 1.